The molecule has 1 aromatic carbocycles. The van der Waals surface area contributed by atoms with E-state index < -0.39 is 0 Å². The Bertz CT molecular complexity index is 718. The van der Waals surface area contributed by atoms with Gasteiger partial charge in [0.1, 0.15) is 5.82 Å². The number of H-pyrrole nitrogens is 1. The van der Waals surface area contributed by atoms with E-state index in [1.807, 2.05) is 4.90 Å². The Morgan fingerprint density at radius 3 is 2.60 bits per heavy atom. The molecular weight excluding hydrogens is 314 g/mol. The largest absolute Gasteiger partial charge is 0.349 e. The zero-order valence-electron chi connectivity index (χ0n) is 14.5. The number of nitrogens with one attached hydrogen (secondary N) is 2. The number of aromatic amines is 1. The molecule has 25 heavy (non-hydrogen) atoms. The van der Waals surface area contributed by atoms with E-state index in [0.29, 0.717) is 24.8 Å². The van der Waals surface area contributed by atoms with E-state index >= 15 is 0 Å². The summed E-state index contributed by atoms with van der Waals surface area (Å²) in [5.41, 5.74) is 2.36. The fourth-order valence-corrected chi connectivity index (χ4v) is 3.77. The molecule has 1 amide bonds. The third-order valence-electron chi connectivity index (χ3n) is 5.26. The quantitative estimate of drug-likeness (QED) is 0.847. The molecule has 0 unspecified atom stereocenters. The molecule has 4 rings (SSSR count). The molecule has 2 heterocycles. The van der Waals surface area contributed by atoms with Crippen LogP contribution >= 0.6 is 0 Å². The second-order valence-electron chi connectivity index (χ2n) is 7.11. The maximum Gasteiger partial charge on any atom is 0.242 e. The monoisotopic (exact) mass is 339 g/mol. The lowest BCUT2D eigenvalue weighted by Crippen LogP contribution is -2.23. The average molecular weight is 339 g/mol. The second-order valence-corrected chi connectivity index (χ2v) is 7.11. The van der Waals surface area contributed by atoms with Crippen LogP contribution in [-0.4, -0.2) is 32.5 Å². The molecular formula is C19H25N5O. The number of rotatable bonds is 6. The number of anilines is 1. The number of carbonyl (C=O) groups excluding carboxylic acids is 1. The minimum Gasteiger partial charge on any atom is -0.349 e. The molecule has 2 N–H and O–H groups in total. The lowest BCUT2D eigenvalue weighted by atomic mass is 10.1. The van der Waals surface area contributed by atoms with Crippen LogP contribution in [0.4, 0.5) is 5.95 Å². The van der Waals surface area contributed by atoms with Crippen LogP contribution in [0.3, 0.4) is 0 Å². The van der Waals surface area contributed by atoms with Crippen LogP contribution < -0.4 is 5.32 Å². The minimum absolute atomic E-state index is 0.272. The number of aromatic nitrogens is 3. The fraction of sp³-hybridized carbons (Fsp3) is 0.526. The van der Waals surface area contributed by atoms with Crippen molar-refractivity contribution in [3.05, 3.63) is 41.2 Å². The van der Waals surface area contributed by atoms with Crippen LogP contribution in [0.2, 0.25) is 0 Å². The molecule has 0 bridgehead atoms. The van der Waals surface area contributed by atoms with Crippen molar-refractivity contribution in [3.63, 3.8) is 0 Å². The SMILES string of the molecule is O=C1CCCN1Cc1ccc(CNc2n[nH]c(C3CCCC3)n2)cc1. The number of hydrogen-bond donors (Lipinski definition) is 2. The molecule has 0 radical (unpaired) electrons. The molecule has 1 saturated heterocycles. The van der Waals surface area contributed by atoms with Gasteiger partial charge in [-0.05, 0) is 30.4 Å². The molecule has 6 nitrogen and oxygen atoms in total. The highest BCUT2D eigenvalue weighted by Gasteiger charge is 2.21. The minimum atomic E-state index is 0.272. The van der Waals surface area contributed by atoms with E-state index in [2.05, 4.69) is 44.8 Å². The van der Waals surface area contributed by atoms with Gasteiger partial charge < -0.3 is 10.2 Å². The molecule has 0 spiro atoms. The first kappa shape index (κ1) is 16.1. The van der Waals surface area contributed by atoms with E-state index in [-0.39, 0.29) is 5.91 Å². The van der Waals surface area contributed by atoms with E-state index in [9.17, 15) is 4.79 Å². The highest BCUT2D eigenvalue weighted by molar-refractivity contribution is 5.78. The summed E-state index contributed by atoms with van der Waals surface area (Å²) in [5.74, 6) is 2.52. The van der Waals surface area contributed by atoms with Crippen molar-refractivity contribution >= 4 is 11.9 Å². The van der Waals surface area contributed by atoms with Gasteiger partial charge in [-0.1, -0.05) is 37.1 Å². The number of likely N-dealkylation sites (tertiary alicyclic amines) is 1. The van der Waals surface area contributed by atoms with E-state index in [1.54, 1.807) is 0 Å². The van der Waals surface area contributed by atoms with Crippen molar-refractivity contribution in [1.29, 1.82) is 0 Å². The molecule has 2 aliphatic rings. The number of nitrogens with zero attached hydrogens (tertiary/aromatic N) is 3. The maximum atomic E-state index is 11.7. The smallest absolute Gasteiger partial charge is 0.242 e. The van der Waals surface area contributed by atoms with Gasteiger partial charge >= 0.3 is 0 Å². The van der Waals surface area contributed by atoms with Crippen molar-refractivity contribution in [2.75, 3.05) is 11.9 Å². The molecule has 6 heteroatoms. The van der Waals surface area contributed by atoms with Gasteiger partial charge in [0.25, 0.3) is 0 Å². The van der Waals surface area contributed by atoms with Crippen molar-refractivity contribution in [1.82, 2.24) is 20.1 Å². The van der Waals surface area contributed by atoms with Crippen LogP contribution in [0, 0.1) is 0 Å². The summed E-state index contributed by atoms with van der Waals surface area (Å²) in [6.45, 7) is 2.30. The van der Waals surface area contributed by atoms with Crippen LogP contribution in [0.1, 0.15) is 61.4 Å². The van der Waals surface area contributed by atoms with Crippen LogP contribution in [0.25, 0.3) is 0 Å². The number of hydrogen-bond acceptors (Lipinski definition) is 4. The summed E-state index contributed by atoms with van der Waals surface area (Å²) < 4.78 is 0. The number of amides is 1. The van der Waals surface area contributed by atoms with Crippen molar-refractivity contribution < 1.29 is 4.79 Å². The van der Waals surface area contributed by atoms with Gasteiger partial charge in [-0.2, -0.15) is 4.98 Å². The predicted octanol–water partition coefficient (Wildman–Crippen LogP) is 3.20. The van der Waals surface area contributed by atoms with Crippen LogP contribution in [-0.2, 0) is 17.9 Å². The maximum absolute atomic E-state index is 11.7. The van der Waals surface area contributed by atoms with Crippen LogP contribution in [0.15, 0.2) is 24.3 Å². The molecule has 1 aromatic heterocycles. The summed E-state index contributed by atoms with van der Waals surface area (Å²) in [4.78, 5) is 18.2. The first-order valence-corrected chi connectivity index (χ1v) is 9.30. The molecule has 0 atom stereocenters. The Morgan fingerprint density at radius 1 is 1.12 bits per heavy atom. The van der Waals surface area contributed by atoms with Gasteiger partial charge in [0.15, 0.2) is 0 Å². The first-order chi connectivity index (χ1) is 12.3. The molecule has 1 aliphatic heterocycles. The van der Waals surface area contributed by atoms with Gasteiger partial charge in [-0.3, -0.25) is 9.89 Å². The van der Waals surface area contributed by atoms with Crippen molar-refractivity contribution in [2.45, 2.75) is 57.5 Å². The lowest BCUT2D eigenvalue weighted by Gasteiger charge is -2.15. The normalized spacial score (nSPS) is 18.2. The Balaban J connectivity index is 1.30. The second kappa shape index (κ2) is 7.25. The zero-order valence-corrected chi connectivity index (χ0v) is 14.5. The van der Waals surface area contributed by atoms with Gasteiger partial charge in [0.05, 0.1) is 0 Å². The Hall–Kier alpha value is -2.37. The standard InChI is InChI=1S/C19H25N5O/c25-17-6-3-11-24(17)13-15-9-7-14(8-10-15)12-20-19-21-18(22-23-19)16-4-1-2-5-16/h7-10,16H,1-6,11-13H2,(H2,20,21,22,23). The van der Waals surface area contributed by atoms with E-state index in [1.165, 1.54) is 36.8 Å². The van der Waals surface area contributed by atoms with E-state index in [0.717, 1.165) is 25.3 Å². The number of carbonyl (C=O) groups is 1. The molecule has 2 aromatic rings. The van der Waals surface area contributed by atoms with Crippen molar-refractivity contribution in [3.8, 4) is 0 Å². The summed E-state index contributed by atoms with van der Waals surface area (Å²) in [6, 6.07) is 8.41. The molecule has 2 fully saturated rings. The molecule has 132 valence electrons. The summed E-state index contributed by atoms with van der Waals surface area (Å²) >= 11 is 0. The highest BCUT2D eigenvalue weighted by atomic mass is 16.2. The molecule has 1 aliphatic carbocycles. The third-order valence-corrected chi connectivity index (χ3v) is 5.26. The average Bonchev–Trinajstić information content (AvgIpc) is 3.36. The lowest BCUT2D eigenvalue weighted by molar-refractivity contribution is -0.128. The zero-order chi connectivity index (χ0) is 17.1. The number of benzene rings is 1. The van der Waals surface area contributed by atoms with Crippen LogP contribution in [0.5, 0.6) is 0 Å². The summed E-state index contributed by atoms with van der Waals surface area (Å²) in [5, 5.41) is 10.6. The fourth-order valence-electron chi connectivity index (χ4n) is 3.77. The van der Waals surface area contributed by atoms with E-state index in [4.69, 9.17) is 0 Å². The van der Waals surface area contributed by atoms with Gasteiger partial charge in [0.2, 0.25) is 11.9 Å². The van der Waals surface area contributed by atoms with Crippen molar-refractivity contribution in [2.24, 2.45) is 0 Å². The Morgan fingerprint density at radius 2 is 1.88 bits per heavy atom. The van der Waals surface area contributed by atoms with Gasteiger partial charge in [-0.25, -0.2) is 0 Å². The Kier molecular flexibility index (Phi) is 4.68. The molecule has 1 saturated carbocycles. The van der Waals surface area contributed by atoms with Gasteiger partial charge in [0, 0.05) is 32.0 Å². The highest BCUT2D eigenvalue weighted by Crippen LogP contribution is 2.32. The first-order valence-electron chi connectivity index (χ1n) is 9.30. The van der Waals surface area contributed by atoms with Gasteiger partial charge in [-0.15, -0.1) is 5.10 Å². The summed E-state index contributed by atoms with van der Waals surface area (Å²) in [6.07, 6.45) is 6.71. The predicted molar refractivity (Wildman–Crippen MR) is 96.0 cm³/mol. The topological polar surface area (TPSA) is 73.9 Å². The summed E-state index contributed by atoms with van der Waals surface area (Å²) in [7, 11) is 0. The third kappa shape index (κ3) is 3.83. The Labute approximate surface area is 148 Å².